The zero-order valence-corrected chi connectivity index (χ0v) is 32.7. The van der Waals surface area contributed by atoms with E-state index in [2.05, 4.69) is 65.1 Å². The maximum atomic E-state index is 14.1. The van der Waals surface area contributed by atoms with E-state index in [4.69, 9.17) is 0 Å². The number of imide groups is 1. The summed E-state index contributed by atoms with van der Waals surface area (Å²) in [6, 6.07) is 17.4. The summed E-state index contributed by atoms with van der Waals surface area (Å²) in [5, 5.41) is 12.7. The van der Waals surface area contributed by atoms with Crippen molar-refractivity contribution in [3.63, 3.8) is 0 Å². The number of aromatic amines is 1. The molecule has 2 N–H and O–H groups in total. The number of carbonyl (C=O) groups is 4. The molecule has 10 nitrogen and oxygen atoms in total. The molecule has 4 aliphatic rings. The molecule has 11 heteroatoms. The number of rotatable bonds is 11. The Morgan fingerprint density at radius 3 is 2.51 bits per heavy atom. The van der Waals surface area contributed by atoms with E-state index in [1.165, 1.54) is 24.1 Å². The number of piperidine rings is 1. The van der Waals surface area contributed by atoms with Gasteiger partial charge in [-0.15, -0.1) is 11.8 Å². The van der Waals surface area contributed by atoms with E-state index < -0.39 is 11.5 Å². The zero-order valence-electron chi connectivity index (χ0n) is 31.9. The van der Waals surface area contributed by atoms with Gasteiger partial charge in [0.25, 0.3) is 5.91 Å². The molecular formula is C44H48N6O4S. The Kier molecular flexibility index (Phi) is 10.1. The molecule has 3 aliphatic heterocycles. The van der Waals surface area contributed by atoms with Crippen LogP contribution in [-0.4, -0.2) is 82.8 Å². The predicted octanol–water partition coefficient (Wildman–Crippen LogP) is 6.71. The monoisotopic (exact) mass is 756 g/mol. The van der Waals surface area contributed by atoms with E-state index >= 15 is 0 Å². The zero-order chi connectivity index (χ0) is 38.4. The van der Waals surface area contributed by atoms with Gasteiger partial charge in [0.15, 0.2) is 5.78 Å². The molecule has 1 atom stereocenters. The SMILES string of the molecule is CCc1cc2c(cc1N1CCN(CCCCCCSc3cccc4c3CN(C3CCC(=O)NC3=O)C4=O)CC1)C(C)(C)c1[nH]c3cc(C#N)ccc3c1C2=O. The van der Waals surface area contributed by atoms with E-state index in [1.807, 2.05) is 24.3 Å². The fraction of sp³-hybridized carbons (Fsp3) is 0.432. The number of aromatic nitrogens is 1. The Labute approximate surface area is 326 Å². The first-order chi connectivity index (χ1) is 26.6. The molecule has 3 aromatic carbocycles. The average Bonchev–Trinajstić information content (AvgIpc) is 3.75. The molecule has 0 bridgehead atoms. The molecule has 1 aliphatic carbocycles. The summed E-state index contributed by atoms with van der Waals surface area (Å²) in [5.74, 6) is 0.270. The van der Waals surface area contributed by atoms with Crippen LogP contribution in [0.15, 0.2) is 53.4 Å². The second-order valence-electron chi connectivity index (χ2n) is 15.9. The lowest BCUT2D eigenvalue weighted by Gasteiger charge is -2.39. The summed E-state index contributed by atoms with van der Waals surface area (Å²) in [6.45, 7) is 12.0. The van der Waals surface area contributed by atoms with Gasteiger partial charge in [-0.2, -0.15) is 5.26 Å². The highest BCUT2D eigenvalue weighted by Crippen LogP contribution is 2.46. The Hall–Kier alpha value is -4.92. The number of amides is 3. The van der Waals surface area contributed by atoms with Gasteiger partial charge in [0.05, 0.1) is 17.2 Å². The normalized spacial score (nSPS) is 19.3. The Bertz CT molecular complexity index is 2260. The lowest BCUT2D eigenvalue weighted by Crippen LogP contribution is -2.52. The van der Waals surface area contributed by atoms with Crippen molar-refractivity contribution in [3.05, 3.63) is 93.2 Å². The van der Waals surface area contributed by atoms with Crippen molar-refractivity contribution in [2.45, 2.75) is 88.6 Å². The van der Waals surface area contributed by atoms with Crippen LogP contribution in [0.4, 0.5) is 5.69 Å². The number of nitrogens with zero attached hydrogens (tertiary/aromatic N) is 4. The quantitative estimate of drug-likeness (QED) is 0.0983. The molecule has 0 saturated carbocycles. The first kappa shape index (κ1) is 37.0. The first-order valence-electron chi connectivity index (χ1n) is 19.7. The maximum Gasteiger partial charge on any atom is 0.255 e. The highest BCUT2D eigenvalue weighted by molar-refractivity contribution is 7.99. The van der Waals surface area contributed by atoms with Crippen LogP contribution < -0.4 is 10.2 Å². The number of unbranched alkanes of at least 4 members (excludes halogenated alkanes) is 3. The highest BCUT2D eigenvalue weighted by Gasteiger charge is 2.42. The molecule has 284 valence electrons. The van der Waals surface area contributed by atoms with Gasteiger partial charge in [-0.25, -0.2) is 0 Å². The summed E-state index contributed by atoms with van der Waals surface area (Å²) in [6.07, 6.45) is 6.09. The summed E-state index contributed by atoms with van der Waals surface area (Å²) < 4.78 is 0. The van der Waals surface area contributed by atoms with Crippen molar-refractivity contribution in [2.24, 2.45) is 0 Å². The van der Waals surface area contributed by atoms with E-state index in [0.29, 0.717) is 24.1 Å². The smallest absolute Gasteiger partial charge is 0.255 e. The van der Waals surface area contributed by atoms with Crippen molar-refractivity contribution in [3.8, 4) is 6.07 Å². The van der Waals surface area contributed by atoms with Gasteiger partial charge in [0, 0.05) is 82.9 Å². The van der Waals surface area contributed by atoms with E-state index in [-0.39, 0.29) is 29.9 Å². The highest BCUT2D eigenvalue weighted by atomic mass is 32.2. The van der Waals surface area contributed by atoms with Crippen LogP contribution in [0.1, 0.15) is 114 Å². The third-order valence-corrected chi connectivity index (χ3v) is 13.4. The molecule has 0 spiro atoms. The lowest BCUT2D eigenvalue weighted by atomic mass is 9.70. The van der Waals surface area contributed by atoms with Crippen LogP contribution >= 0.6 is 11.8 Å². The number of hydrogen-bond acceptors (Lipinski definition) is 8. The number of thioether (sulfide) groups is 1. The number of anilines is 1. The fourth-order valence-corrected chi connectivity index (χ4v) is 10.1. The van der Waals surface area contributed by atoms with Gasteiger partial charge in [0.2, 0.25) is 11.8 Å². The number of aryl methyl sites for hydroxylation is 1. The topological polar surface area (TPSA) is 130 Å². The van der Waals surface area contributed by atoms with Gasteiger partial charge in [-0.1, -0.05) is 45.7 Å². The minimum Gasteiger partial charge on any atom is -0.369 e. The van der Waals surface area contributed by atoms with Crippen LogP contribution in [-0.2, 0) is 28.0 Å². The number of benzene rings is 3. The molecular weight excluding hydrogens is 709 g/mol. The third-order valence-electron chi connectivity index (χ3n) is 12.2. The molecule has 1 aromatic heterocycles. The van der Waals surface area contributed by atoms with Gasteiger partial charge in [-0.3, -0.25) is 29.4 Å². The van der Waals surface area contributed by atoms with Crippen molar-refractivity contribution in [2.75, 3.05) is 43.4 Å². The van der Waals surface area contributed by atoms with E-state index in [0.717, 1.165) is 101 Å². The number of piperazine rings is 1. The molecule has 4 aromatic rings. The van der Waals surface area contributed by atoms with E-state index in [9.17, 15) is 24.4 Å². The third kappa shape index (κ3) is 6.74. The van der Waals surface area contributed by atoms with Crippen molar-refractivity contribution >= 4 is 51.9 Å². The minimum absolute atomic E-state index is 0.0587. The molecule has 8 rings (SSSR count). The van der Waals surface area contributed by atoms with Crippen molar-refractivity contribution in [1.29, 1.82) is 5.26 Å². The summed E-state index contributed by atoms with van der Waals surface area (Å²) >= 11 is 1.79. The maximum absolute atomic E-state index is 14.1. The van der Waals surface area contributed by atoms with Crippen LogP contribution in [0.5, 0.6) is 0 Å². The van der Waals surface area contributed by atoms with Crippen LogP contribution in [0, 0.1) is 11.3 Å². The number of fused-ring (bicyclic) bond motifs is 5. The fourth-order valence-electron chi connectivity index (χ4n) is 9.03. The molecule has 0 radical (unpaired) electrons. The second-order valence-corrected chi connectivity index (χ2v) is 17.0. The average molecular weight is 757 g/mol. The number of nitrogens with one attached hydrogen (secondary N) is 2. The standard InChI is InChI=1S/C44H48N6O4S/c1-4-28-23-31-33(44(2,3)41-39(40(31)52)30-13-12-27(25-45)22-34(30)46-41)24-36(28)49-19-17-48(18-20-49)16-7-5-6-8-21-55-37-11-9-10-29-32(37)26-50(43(29)54)35-14-15-38(51)47-42(35)53/h9-13,22-24,35,46H,4-8,14-21,26H2,1-3H3,(H,47,51,53). The summed E-state index contributed by atoms with van der Waals surface area (Å²) in [7, 11) is 0. The molecule has 2 saturated heterocycles. The van der Waals surface area contributed by atoms with Crippen LogP contribution in [0.2, 0.25) is 0 Å². The van der Waals surface area contributed by atoms with Gasteiger partial charge in [-0.05, 0) is 91.1 Å². The lowest BCUT2D eigenvalue weighted by molar-refractivity contribution is -0.136. The molecule has 2 fully saturated rings. The van der Waals surface area contributed by atoms with Crippen molar-refractivity contribution < 1.29 is 19.2 Å². The Morgan fingerprint density at radius 1 is 0.945 bits per heavy atom. The minimum atomic E-state index is -0.590. The largest absolute Gasteiger partial charge is 0.369 e. The first-order valence-corrected chi connectivity index (χ1v) is 20.7. The molecule has 4 heterocycles. The number of H-pyrrole nitrogens is 1. The summed E-state index contributed by atoms with van der Waals surface area (Å²) in [4.78, 5) is 62.6. The predicted molar refractivity (Wildman–Crippen MR) is 215 cm³/mol. The molecule has 55 heavy (non-hydrogen) atoms. The van der Waals surface area contributed by atoms with Crippen molar-refractivity contribution in [1.82, 2.24) is 20.1 Å². The molecule has 3 amide bonds. The number of hydrogen-bond donors (Lipinski definition) is 2. The van der Waals surface area contributed by atoms with Crippen LogP contribution in [0.25, 0.3) is 10.9 Å². The molecule has 1 unspecified atom stereocenters. The second kappa shape index (κ2) is 15.0. The Morgan fingerprint density at radius 2 is 1.75 bits per heavy atom. The number of nitriles is 1. The van der Waals surface area contributed by atoms with Gasteiger partial charge in [0.1, 0.15) is 6.04 Å². The van der Waals surface area contributed by atoms with Crippen LogP contribution in [0.3, 0.4) is 0 Å². The summed E-state index contributed by atoms with van der Waals surface area (Å²) in [5.41, 5.74) is 8.64. The van der Waals surface area contributed by atoms with Gasteiger partial charge < -0.3 is 14.8 Å². The van der Waals surface area contributed by atoms with E-state index in [1.54, 1.807) is 22.7 Å². The number of ketones is 1. The van der Waals surface area contributed by atoms with Gasteiger partial charge >= 0.3 is 0 Å². The number of carbonyl (C=O) groups excluding carboxylic acids is 4. The Balaban J connectivity index is 0.819.